The molecular formula is C26H32ClN3O3. The number of piperazine rings is 1. The van der Waals surface area contributed by atoms with E-state index in [0.29, 0.717) is 36.9 Å². The van der Waals surface area contributed by atoms with Gasteiger partial charge in [-0.15, -0.1) is 0 Å². The molecule has 2 aliphatic rings. The fraction of sp³-hybridized carbons (Fsp3) is 0.462. The van der Waals surface area contributed by atoms with E-state index in [4.69, 9.17) is 16.3 Å². The van der Waals surface area contributed by atoms with E-state index in [0.717, 1.165) is 37.0 Å². The quantitative estimate of drug-likeness (QED) is 0.683. The van der Waals surface area contributed by atoms with Gasteiger partial charge in [-0.3, -0.25) is 14.5 Å². The number of carbonyl (C=O) groups excluding carboxylic acids is 2. The van der Waals surface area contributed by atoms with Crippen LogP contribution in [-0.2, 0) is 15.0 Å². The second-order valence-corrected chi connectivity index (χ2v) is 9.37. The van der Waals surface area contributed by atoms with Crippen LogP contribution in [0.3, 0.4) is 0 Å². The first-order valence-corrected chi connectivity index (χ1v) is 12.1. The molecule has 6 nitrogen and oxygen atoms in total. The molecule has 176 valence electrons. The number of anilines is 1. The van der Waals surface area contributed by atoms with Gasteiger partial charge in [-0.1, -0.05) is 55.1 Å². The van der Waals surface area contributed by atoms with Crippen molar-refractivity contribution in [3.63, 3.8) is 0 Å². The van der Waals surface area contributed by atoms with E-state index in [2.05, 4.69) is 22.3 Å². The zero-order chi connectivity index (χ0) is 23.3. The Kier molecular flexibility index (Phi) is 7.56. The highest BCUT2D eigenvalue weighted by molar-refractivity contribution is 6.33. The Bertz CT molecular complexity index is 965. The molecule has 0 atom stereocenters. The maximum atomic E-state index is 13.8. The molecule has 0 unspecified atom stereocenters. The minimum Gasteiger partial charge on any atom is -0.497 e. The number of nitrogens with one attached hydrogen (secondary N) is 1. The van der Waals surface area contributed by atoms with Crippen LogP contribution in [0.5, 0.6) is 5.75 Å². The number of para-hydroxylation sites is 1. The molecule has 0 bridgehead atoms. The zero-order valence-electron chi connectivity index (χ0n) is 19.2. The van der Waals surface area contributed by atoms with Crippen molar-refractivity contribution in [3.05, 3.63) is 59.1 Å². The van der Waals surface area contributed by atoms with Crippen LogP contribution in [0.1, 0.15) is 37.7 Å². The smallest absolute Gasteiger partial charge is 0.238 e. The predicted molar refractivity (Wildman–Crippen MR) is 131 cm³/mol. The Morgan fingerprint density at radius 2 is 1.64 bits per heavy atom. The van der Waals surface area contributed by atoms with Crippen LogP contribution in [0, 0.1) is 0 Å². The maximum absolute atomic E-state index is 13.8. The highest BCUT2D eigenvalue weighted by Gasteiger charge is 2.44. The molecule has 1 N–H and O–H groups in total. The van der Waals surface area contributed by atoms with Crippen LogP contribution in [-0.4, -0.2) is 61.4 Å². The lowest BCUT2D eigenvalue weighted by atomic mass is 9.68. The van der Waals surface area contributed by atoms with Gasteiger partial charge < -0.3 is 15.0 Å². The van der Waals surface area contributed by atoms with Gasteiger partial charge in [-0.25, -0.2) is 0 Å². The summed E-state index contributed by atoms with van der Waals surface area (Å²) in [7, 11) is 1.66. The topological polar surface area (TPSA) is 61.9 Å². The third-order valence-corrected chi connectivity index (χ3v) is 7.26. The van der Waals surface area contributed by atoms with Gasteiger partial charge >= 0.3 is 0 Å². The number of rotatable bonds is 6. The summed E-state index contributed by atoms with van der Waals surface area (Å²) in [5, 5.41) is 3.40. The van der Waals surface area contributed by atoms with E-state index in [1.807, 2.05) is 29.2 Å². The number of ether oxygens (including phenoxy) is 1. The van der Waals surface area contributed by atoms with Gasteiger partial charge in [0.2, 0.25) is 11.8 Å². The van der Waals surface area contributed by atoms with Crippen molar-refractivity contribution >= 4 is 29.1 Å². The van der Waals surface area contributed by atoms with E-state index in [9.17, 15) is 9.59 Å². The second kappa shape index (κ2) is 10.6. The fourth-order valence-electron chi connectivity index (χ4n) is 5.06. The highest BCUT2D eigenvalue weighted by Crippen LogP contribution is 2.41. The summed E-state index contributed by atoms with van der Waals surface area (Å²) in [6, 6.07) is 15.2. The van der Waals surface area contributed by atoms with Crippen molar-refractivity contribution in [3.8, 4) is 5.75 Å². The molecule has 0 aromatic heterocycles. The Morgan fingerprint density at radius 3 is 2.27 bits per heavy atom. The van der Waals surface area contributed by atoms with Gasteiger partial charge in [-0.2, -0.15) is 0 Å². The van der Waals surface area contributed by atoms with Crippen molar-refractivity contribution in [1.29, 1.82) is 0 Å². The lowest BCUT2D eigenvalue weighted by molar-refractivity contribution is -0.140. The number of hydrogen-bond acceptors (Lipinski definition) is 4. The average Bonchev–Trinajstić information content (AvgIpc) is 2.86. The van der Waals surface area contributed by atoms with Crippen LogP contribution >= 0.6 is 11.6 Å². The van der Waals surface area contributed by atoms with Gasteiger partial charge in [0.15, 0.2) is 0 Å². The van der Waals surface area contributed by atoms with E-state index in [-0.39, 0.29) is 18.4 Å². The molecule has 1 aliphatic heterocycles. The van der Waals surface area contributed by atoms with Gasteiger partial charge in [-0.05, 0) is 42.7 Å². The van der Waals surface area contributed by atoms with Crippen LogP contribution in [0.15, 0.2) is 48.5 Å². The van der Waals surface area contributed by atoms with Crippen molar-refractivity contribution in [2.24, 2.45) is 0 Å². The van der Waals surface area contributed by atoms with Crippen LogP contribution in [0.4, 0.5) is 5.69 Å². The maximum Gasteiger partial charge on any atom is 0.238 e. The van der Waals surface area contributed by atoms with E-state index < -0.39 is 5.41 Å². The van der Waals surface area contributed by atoms with E-state index in [1.165, 1.54) is 6.42 Å². The number of nitrogens with zero attached hydrogens (tertiary/aromatic N) is 2. The lowest BCUT2D eigenvalue weighted by Gasteiger charge is -2.43. The van der Waals surface area contributed by atoms with Crippen molar-refractivity contribution < 1.29 is 14.3 Å². The summed E-state index contributed by atoms with van der Waals surface area (Å²) in [6.45, 7) is 2.92. The van der Waals surface area contributed by atoms with Gasteiger partial charge in [0.1, 0.15) is 5.75 Å². The lowest BCUT2D eigenvalue weighted by Crippen LogP contribution is -2.55. The first-order valence-electron chi connectivity index (χ1n) is 11.7. The zero-order valence-corrected chi connectivity index (χ0v) is 19.9. The Morgan fingerprint density at radius 1 is 0.970 bits per heavy atom. The molecule has 2 amide bonds. The Labute approximate surface area is 200 Å². The number of amides is 2. The molecule has 2 aromatic rings. The molecular weight excluding hydrogens is 438 g/mol. The fourth-order valence-corrected chi connectivity index (χ4v) is 5.24. The predicted octanol–water partition coefficient (Wildman–Crippen LogP) is 4.33. The molecule has 1 saturated carbocycles. The number of methoxy groups -OCH3 is 1. The minimum atomic E-state index is -0.450. The first kappa shape index (κ1) is 23.6. The van der Waals surface area contributed by atoms with E-state index >= 15 is 0 Å². The van der Waals surface area contributed by atoms with Gasteiger partial charge in [0.05, 0.1) is 29.8 Å². The summed E-state index contributed by atoms with van der Waals surface area (Å²) in [5.74, 6) is 0.943. The number of halogens is 1. The van der Waals surface area contributed by atoms with E-state index in [1.54, 1.807) is 19.2 Å². The standard InChI is InChI=1S/C26H32ClN3O3/c1-33-21-11-9-20(10-12-21)26(13-5-2-6-14-26)25(32)30-17-15-29(16-18-30)19-24(31)28-23-8-4-3-7-22(23)27/h3-4,7-12H,2,5-6,13-19H2,1H3,(H,28,31). The SMILES string of the molecule is COc1ccc(C2(C(=O)N3CCN(CC(=O)Nc4ccccc4Cl)CC3)CCCCC2)cc1. The monoisotopic (exact) mass is 469 g/mol. The van der Waals surface area contributed by atoms with Crippen LogP contribution in [0.25, 0.3) is 0 Å². The normalized spacial score (nSPS) is 18.5. The van der Waals surface area contributed by atoms with Gasteiger partial charge in [0.25, 0.3) is 0 Å². The molecule has 1 heterocycles. The number of benzene rings is 2. The molecule has 0 radical (unpaired) electrons. The van der Waals surface area contributed by atoms with Crippen LogP contribution in [0.2, 0.25) is 5.02 Å². The average molecular weight is 470 g/mol. The molecule has 33 heavy (non-hydrogen) atoms. The van der Waals surface area contributed by atoms with Crippen molar-refractivity contribution in [2.75, 3.05) is 45.2 Å². The molecule has 7 heteroatoms. The number of carbonyl (C=O) groups is 2. The largest absolute Gasteiger partial charge is 0.497 e. The van der Waals surface area contributed by atoms with Crippen molar-refractivity contribution in [1.82, 2.24) is 9.80 Å². The molecule has 2 fully saturated rings. The summed E-state index contributed by atoms with van der Waals surface area (Å²) in [5.41, 5.74) is 1.26. The third-order valence-electron chi connectivity index (χ3n) is 6.93. The molecule has 1 aliphatic carbocycles. The highest BCUT2D eigenvalue weighted by atomic mass is 35.5. The summed E-state index contributed by atoms with van der Waals surface area (Å²) < 4.78 is 5.31. The second-order valence-electron chi connectivity index (χ2n) is 8.97. The molecule has 0 spiro atoms. The minimum absolute atomic E-state index is 0.0927. The third kappa shape index (κ3) is 5.33. The Hall–Kier alpha value is -2.57. The van der Waals surface area contributed by atoms with Crippen molar-refractivity contribution in [2.45, 2.75) is 37.5 Å². The summed E-state index contributed by atoms with van der Waals surface area (Å²) in [6.07, 6.45) is 5.09. The summed E-state index contributed by atoms with van der Waals surface area (Å²) >= 11 is 6.14. The first-order chi connectivity index (χ1) is 16.0. The Balaban J connectivity index is 1.38. The molecule has 4 rings (SSSR count). The van der Waals surface area contributed by atoms with Gasteiger partial charge in [0, 0.05) is 26.2 Å². The number of hydrogen-bond donors (Lipinski definition) is 1. The summed E-state index contributed by atoms with van der Waals surface area (Å²) in [4.78, 5) is 30.4. The molecule has 1 saturated heterocycles. The molecule has 2 aromatic carbocycles. The van der Waals surface area contributed by atoms with Crippen LogP contribution < -0.4 is 10.1 Å².